The third kappa shape index (κ3) is 3.11. The van der Waals surface area contributed by atoms with E-state index in [-0.39, 0.29) is 0 Å². The summed E-state index contributed by atoms with van der Waals surface area (Å²) in [6.45, 7) is 4.21. The van der Waals surface area contributed by atoms with Gasteiger partial charge in [0, 0.05) is 31.3 Å². The summed E-state index contributed by atoms with van der Waals surface area (Å²) >= 11 is 0. The number of hydrogen-bond donors (Lipinski definition) is 0. The molecule has 2 aromatic heterocycles. The number of fused-ring (bicyclic) bond motifs is 1. The fourth-order valence-corrected chi connectivity index (χ4v) is 3.39. The van der Waals surface area contributed by atoms with Gasteiger partial charge in [0.05, 0.1) is 0 Å². The summed E-state index contributed by atoms with van der Waals surface area (Å²) in [5, 5.41) is 4.76. The largest absolute Gasteiger partial charge is 0.356 e. The topological polar surface area (TPSA) is 46.3 Å². The molecule has 0 atom stereocenters. The molecule has 1 aromatic carbocycles. The van der Waals surface area contributed by atoms with Crippen molar-refractivity contribution in [2.45, 2.75) is 39.0 Å². The second kappa shape index (κ2) is 6.59. The first-order valence-corrected chi connectivity index (χ1v) is 8.82. The molecule has 0 spiro atoms. The van der Waals surface area contributed by atoms with Gasteiger partial charge in [0.25, 0.3) is 5.78 Å². The Labute approximate surface area is 142 Å². The summed E-state index contributed by atoms with van der Waals surface area (Å²) in [5.41, 5.74) is 2.22. The van der Waals surface area contributed by atoms with Gasteiger partial charge in [-0.15, -0.1) is 5.10 Å². The number of nitrogens with zero attached hydrogens (tertiary/aromatic N) is 5. The molecule has 0 N–H and O–H groups in total. The Morgan fingerprint density at radius 3 is 2.46 bits per heavy atom. The van der Waals surface area contributed by atoms with Crippen LogP contribution in [0.4, 0.5) is 5.82 Å². The molecule has 3 heterocycles. The monoisotopic (exact) mass is 321 g/mol. The van der Waals surface area contributed by atoms with Crippen molar-refractivity contribution >= 4 is 11.6 Å². The molecule has 1 fully saturated rings. The predicted octanol–water partition coefficient (Wildman–Crippen LogP) is 3.40. The highest BCUT2D eigenvalue weighted by atomic mass is 15.4. The first-order chi connectivity index (χ1) is 11.8. The molecule has 5 nitrogen and oxygen atoms in total. The maximum absolute atomic E-state index is 4.76. The van der Waals surface area contributed by atoms with Crippen LogP contribution in [0.15, 0.2) is 36.4 Å². The van der Waals surface area contributed by atoms with Crippen molar-refractivity contribution in [3.05, 3.63) is 53.5 Å². The van der Waals surface area contributed by atoms with E-state index >= 15 is 0 Å². The number of anilines is 1. The van der Waals surface area contributed by atoms with Crippen LogP contribution in [0.2, 0.25) is 0 Å². The smallest absolute Gasteiger partial charge is 0.254 e. The molecule has 5 heteroatoms. The lowest BCUT2D eigenvalue weighted by Crippen LogP contribution is -2.26. The van der Waals surface area contributed by atoms with E-state index in [1.165, 1.54) is 31.2 Å². The molecule has 4 rings (SSSR count). The molecule has 1 saturated heterocycles. The van der Waals surface area contributed by atoms with Crippen molar-refractivity contribution in [2.75, 3.05) is 18.0 Å². The summed E-state index contributed by atoms with van der Waals surface area (Å²) in [7, 11) is 0. The van der Waals surface area contributed by atoms with Gasteiger partial charge in [0.1, 0.15) is 5.82 Å². The Kier molecular flexibility index (Phi) is 4.15. The molecule has 0 unspecified atom stereocenters. The van der Waals surface area contributed by atoms with Gasteiger partial charge in [-0.1, -0.05) is 43.2 Å². The first kappa shape index (κ1) is 15.1. The van der Waals surface area contributed by atoms with E-state index in [4.69, 9.17) is 5.10 Å². The number of aryl methyl sites for hydroxylation is 1. The Bertz CT molecular complexity index is 816. The molecular weight excluding hydrogens is 298 g/mol. The van der Waals surface area contributed by atoms with E-state index in [0.717, 1.165) is 36.8 Å². The van der Waals surface area contributed by atoms with Crippen molar-refractivity contribution in [2.24, 2.45) is 0 Å². The van der Waals surface area contributed by atoms with Crippen LogP contribution in [0.1, 0.15) is 42.8 Å². The van der Waals surface area contributed by atoms with Crippen LogP contribution in [0.5, 0.6) is 0 Å². The summed E-state index contributed by atoms with van der Waals surface area (Å²) < 4.78 is 1.93. The van der Waals surface area contributed by atoms with E-state index < -0.39 is 0 Å². The highest BCUT2D eigenvalue weighted by Crippen LogP contribution is 2.21. The minimum Gasteiger partial charge on any atom is -0.356 e. The fourth-order valence-electron chi connectivity index (χ4n) is 3.39. The van der Waals surface area contributed by atoms with Gasteiger partial charge >= 0.3 is 0 Å². The molecule has 24 heavy (non-hydrogen) atoms. The third-order valence-electron chi connectivity index (χ3n) is 4.60. The fraction of sp³-hybridized carbons (Fsp3) is 0.421. The van der Waals surface area contributed by atoms with Crippen molar-refractivity contribution in [3.8, 4) is 0 Å². The average Bonchev–Trinajstić information content (AvgIpc) is 2.81. The Morgan fingerprint density at radius 2 is 1.71 bits per heavy atom. The van der Waals surface area contributed by atoms with Crippen LogP contribution in [-0.2, 0) is 6.42 Å². The third-order valence-corrected chi connectivity index (χ3v) is 4.60. The van der Waals surface area contributed by atoms with Gasteiger partial charge in [0.15, 0.2) is 5.82 Å². The van der Waals surface area contributed by atoms with Crippen LogP contribution in [-0.4, -0.2) is 32.7 Å². The van der Waals surface area contributed by atoms with Crippen molar-refractivity contribution in [1.82, 2.24) is 19.6 Å². The standard InChI is InChI=1S/C19H23N5/c1-15-13-18(23-11-7-2-3-8-12-23)24-19(20-15)21-17(22-24)14-16-9-5-4-6-10-16/h4-6,9-10,13H,2-3,7-8,11-12,14H2,1H3. The number of hydrogen-bond acceptors (Lipinski definition) is 4. The van der Waals surface area contributed by atoms with Gasteiger partial charge in [0.2, 0.25) is 0 Å². The second-order valence-electron chi connectivity index (χ2n) is 6.56. The summed E-state index contributed by atoms with van der Waals surface area (Å²) in [6.07, 6.45) is 5.87. The van der Waals surface area contributed by atoms with Crippen LogP contribution in [0.25, 0.3) is 5.78 Å². The molecule has 124 valence electrons. The Morgan fingerprint density at radius 1 is 0.958 bits per heavy atom. The maximum Gasteiger partial charge on any atom is 0.254 e. The quantitative estimate of drug-likeness (QED) is 0.742. The lowest BCUT2D eigenvalue weighted by Gasteiger charge is -2.22. The Hall–Kier alpha value is -2.43. The summed E-state index contributed by atoms with van der Waals surface area (Å²) in [4.78, 5) is 11.7. The van der Waals surface area contributed by atoms with Gasteiger partial charge in [-0.2, -0.15) is 9.50 Å². The van der Waals surface area contributed by atoms with E-state index in [1.807, 2.05) is 17.5 Å². The number of rotatable bonds is 3. The molecule has 0 saturated carbocycles. The minimum absolute atomic E-state index is 0.708. The normalized spacial score (nSPS) is 15.6. The van der Waals surface area contributed by atoms with Crippen LogP contribution >= 0.6 is 0 Å². The maximum atomic E-state index is 4.76. The molecule has 0 aliphatic carbocycles. The molecule has 3 aromatic rings. The second-order valence-corrected chi connectivity index (χ2v) is 6.56. The van der Waals surface area contributed by atoms with E-state index in [9.17, 15) is 0 Å². The lowest BCUT2D eigenvalue weighted by molar-refractivity contribution is 0.726. The zero-order valence-corrected chi connectivity index (χ0v) is 14.1. The van der Waals surface area contributed by atoms with Gasteiger partial charge in [-0.3, -0.25) is 0 Å². The highest BCUT2D eigenvalue weighted by molar-refractivity contribution is 5.48. The average molecular weight is 321 g/mol. The number of aromatic nitrogens is 4. The molecule has 0 radical (unpaired) electrons. The van der Waals surface area contributed by atoms with E-state index in [1.54, 1.807) is 0 Å². The van der Waals surface area contributed by atoms with E-state index in [0.29, 0.717) is 5.78 Å². The Balaban J connectivity index is 1.71. The summed E-state index contributed by atoms with van der Waals surface area (Å²) in [5.74, 6) is 2.67. The van der Waals surface area contributed by atoms with Crippen LogP contribution in [0, 0.1) is 6.92 Å². The molecule has 1 aliphatic rings. The van der Waals surface area contributed by atoms with Crippen LogP contribution < -0.4 is 4.90 Å². The predicted molar refractivity (Wildman–Crippen MR) is 95.4 cm³/mol. The zero-order chi connectivity index (χ0) is 16.4. The molecule has 0 amide bonds. The van der Waals surface area contributed by atoms with Crippen LogP contribution in [0.3, 0.4) is 0 Å². The molecular formula is C19H23N5. The molecule has 1 aliphatic heterocycles. The number of benzene rings is 1. The van der Waals surface area contributed by atoms with Gasteiger partial charge in [-0.05, 0) is 25.3 Å². The van der Waals surface area contributed by atoms with Gasteiger partial charge in [-0.25, -0.2) is 4.98 Å². The van der Waals surface area contributed by atoms with Crippen molar-refractivity contribution < 1.29 is 0 Å². The van der Waals surface area contributed by atoms with Crippen molar-refractivity contribution in [1.29, 1.82) is 0 Å². The lowest BCUT2D eigenvalue weighted by atomic mass is 10.1. The summed E-state index contributed by atoms with van der Waals surface area (Å²) in [6, 6.07) is 12.5. The molecule has 0 bridgehead atoms. The highest BCUT2D eigenvalue weighted by Gasteiger charge is 2.17. The minimum atomic E-state index is 0.708. The van der Waals surface area contributed by atoms with Gasteiger partial charge < -0.3 is 4.90 Å². The zero-order valence-electron chi connectivity index (χ0n) is 14.1. The first-order valence-electron chi connectivity index (χ1n) is 8.82. The van der Waals surface area contributed by atoms with E-state index in [2.05, 4.69) is 45.2 Å². The van der Waals surface area contributed by atoms with Crippen molar-refractivity contribution in [3.63, 3.8) is 0 Å². The SMILES string of the molecule is Cc1cc(N2CCCCCC2)n2nc(Cc3ccccc3)nc2n1.